The number of ketones is 1. The number of pyridine rings is 1. The molecular formula is C25H21ClN2O5. The van der Waals surface area contributed by atoms with Gasteiger partial charge >= 0.3 is 0 Å². The first-order valence-corrected chi connectivity index (χ1v) is 10.4. The standard InChI is InChI=1S/C25H21ClN2O5/c1-31-20-9-7-15(12-19(20)26)18-14-17-6-4-5-11-28(17)23(18)24(29)25(30)27-16-8-10-21(32-2)22(13-16)33-3/h4-14H,1-3H3,(H,27,30). The molecule has 4 aromatic rings. The quantitative estimate of drug-likeness (QED) is 0.304. The van der Waals surface area contributed by atoms with Crippen molar-refractivity contribution in [1.29, 1.82) is 0 Å². The molecular weight excluding hydrogens is 444 g/mol. The van der Waals surface area contributed by atoms with Gasteiger partial charge in [0, 0.05) is 29.0 Å². The maximum Gasteiger partial charge on any atom is 0.298 e. The number of fused-ring (bicyclic) bond motifs is 1. The summed E-state index contributed by atoms with van der Waals surface area (Å²) in [7, 11) is 4.54. The monoisotopic (exact) mass is 464 g/mol. The van der Waals surface area contributed by atoms with Crippen LogP contribution in [-0.4, -0.2) is 37.4 Å². The topological polar surface area (TPSA) is 78.3 Å². The summed E-state index contributed by atoms with van der Waals surface area (Å²) in [6.07, 6.45) is 1.74. The molecule has 1 N–H and O–H groups in total. The maximum atomic E-state index is 13.4. The summed E-state index contributed by atoms with van der Waals surface area (Å²) in [4.78, 5) is 26.3. The number of nitrogens with one attached hydrogen (secondary N) is 1. The van der Waals surface area contributed by atoms with Gasteiger partial charge in [-0.05, 0) is 48.0 Å². The second kappa shape index (κ2) is 9.26. The molecule has 0 saturated heterocycles. The molecule has 0 fully saturated rings. The van der Waals surface area contributed by atoms with Gasteiger partial charge in [0.25, 0.3) is 11.7 Å². The third kappa shape index (κ3) is 4.23. The molecule has 7 nitrogen and oxygen atoms in total. The zero-order valence-corrected chi connectivity index (χ0v) is 19.0. The largest absolute Gasteiger partial charge is 0.495 e. The zero-order valence-electron chi connectivity index (χ0n) is 18.2. The number of amides is 1. The Morgan fingerprint density at radius 2 is 1.58 bits per heavy atom. The lowest BCUT2D eigenvalue weighted by atomic mass is 10.0. The van der Waals surface area contributed by atoms with Crippen LogP contribution in [0.3, 0.4) is 0 Å². The van der Waals surface area contributed by atoms with Crippen LogP contribution in [0.5, 0.6) is 17.2 Å². The van der Waals surface area contributed by atoms with E-state index in [-0.39, 0.29) is 5.69 Å². The van der Waals surface area contributed by atoms with Gasteiger partial charge in [0.05, 0.1) is 26.4 Å². The molecule has 2 heterocycles. The maximum absolute atomic E-state index is 13.4. The molecule has 2 aromatic heterocycles. The molecule has 2 aromatic carbocycles. The smallest absolute Gasteiger partial charge is 0.298 e. The summed E-state index contributed by atoms with van der Waals surface area (Å²) in [5.41, 5.74) is 2.66. The Morgan fingerprint density at radius 1 is 0.848 bits per heavy atom. The van der Waals surface area contributed by atoms with Crippen LogP contribution in [0.1, 0.15) is 10.5 Å². The van der Waals surface area contributed by atoms with Crippen molar-refractivity contribution in [2.45, 2.75) is 0 Å². The van der Waals surface area contributed by atoms with Gasteiger partial charge in [0.15, 0.2) is 11.5 Å². The van der Waals surface area contributed by atoms with Gasteiger partial charge in [-0.3, -0.25) is 9.59 Å². The van der Waals surface area contributed by atoms with E-state index in [0.29, 0.717) is 39.1 Å². The Labute approximate surface area is 195 Å². The van der Waals surface area contributed by atoms with E-state index in [2.05, 4.69) is 5.32 Å². The molecule has 1 amide bonds. The number of hydrogen-bond acceptors (Lipinski definition) is 5. The number of Topliss-reactive ketones (excluding diaryl/α,β-unsaturated/α-hetero) is 1. The SMILES string of the molecule is COc1ccc(-c2cc3ccccn3c2C(=O)C(=O)Nc2ccc(OC)c(OC)c2)cc1Cl. The number of methoxy groups -OCH3 is 3. The molecule has 8 heteroatoms. The molecule has 0 aliphatic heterocycles. The van der Waals surface area contributed by atoms with E-state index < -0.39 is 11.7 Å². The van der Waals surface area contributed by atoms with Crippen molar-refractivity contribution in [1.82, 2.24) is 4.40 Å². The van der Waals surface area contributed by atoms with Crippen LogP contribution in [0.4, 0.5) is 5.69 Å². The van der Waals surface area contributed by atoms with E-state index in [1.54, 1.807) is 53.1 Å². The second-order valence-electron chi connectivity index (χ2n) is 7.10. The van der Waals surface area contributed by atoms with Gasteiger partial charge < -0.3 is 23.9 Å². The Bertz CT molecular complexity index is 1360. The first-order valence-electron chi connectivity index (χ1n) is 9.98. The Kier molecular flexibility index (Phi) is 6.24. The van der Waals surface area contributed by atoms with E-state index in [1.165, 1.54) is 21.3 Å². The molecule has 0 atom stereocenters. The predicted octanol–water partition coefficient (Wildman–Crippen LogP) is 5.11. The number of ether oxygens (including phenoxy) is 3. The molecule has 0 unspecified atom stereocenters. The number of hydrogen-bond donors (Lipinski definition) is 1. The number of rotatable bonds is 7. The van der Waals surface area contributed by atoms with Crippen molar-refractivity contribution < 1.29 is 23.8 Å². The molecule has 4 rings (SSSR count). The third-order valence-electron chi connectivity index (χ3n) is 5.21. The molecule has 0 aliphatic rings. The first kappa shape index (κ1) is 22.2. The number of carbonyl (C=O) groups excluding carboxylic acids is 2. The lowest BCUT2D eigenvalue weighted by Gasteiger charge is -2.11. The highest BCUT2D eigenvalue weighted by Crippen LogP contribution is 2.34. The van der Waals surface area contributed by atoms with E-state index >= 15 is 0 Å². The fourth-order valence-corrected chi connectivity index (χ4v) is 3.88. The van der Waals surface area contributed by atoms with E-state index in [4.69, 9.17) is 25.8 Å². The molecule has 0 bridgehead atoms. The number of benzene rings is 2. The molecule has 0 aliphatic carbocycles. The van der Waals surface area contributed by atoms with Gasteiger partial charge in [0.1, 0.15) is 11.4 Å². The highest BCUT2D eigenvalue weighted by Gasteiger charge is 2.25. The summed E-state index contributed by atoms with van der Waals surface area (Å²) in [5, 5.41) is 3.05. The van der Waals surface area contributed by atoms with Crippen molar-refractivity contribution in [2.75, 3.05) is 26.6 Å². The molecule has 33 heavy (non-hydrogen) atoms. The summed E-state index contributed by atoms with van der Waals surface area (Å²) >= 11 is 6.32. The summed E-state index contributed by atoms with van der Waals surface area (Å²) in [6, 6.07) is 17.4. The highest BCUT2D eigenvalue weighted by molar-refractivity contribution is 6.47. The minimum atomic E-state index is -0.785. The van der Waals surface area contributed by atoms with Crippen molar-refractivity contribution >= 4 is 34.5 Å². The minimum absolute atomic E-state index is 0.227. The fourth-order valence-electron chi connectivity index (χ4n) is 3.62. The van der Waals surface area contributed by atoms with Gasteiger partial charge in [-0.25, -0.2) is 0 Å². The Morgan fingerprint density at radius 3 is 2.27 bits per heavy atom. The summed E-state index contributed by atoms with van der Waals surface area (Å²) in [5.74, 6) is -0.0179. The summed E-state index contributed by atoms with van der Waals surface area (Å²) < 4.78 is 17.4. The van der Waals surface area contributed by atoms with Crippen molar-refractivity contribution in [3.63, 3.8) is 0 Å². The van der Waals surface area contributed by atoms with E-state index in [9.17, 15) is 9.59 Å². The Hall–Kier alpha value is -3.97. The average Bonchev–Trinajstić information content (AvgIpc) is 3.22. The van der Waals surface area contributed by atoms with Crippen LogP contribution in [-0.2, 0) is 4.79 Å². The van der Waals surface area contributed by atoms with Gasteiger partial charge in [-0.2, -0.15) is 0 Å². The average molecular weight is 465 g/mol. The first-order chi connectivity index (χ1) is 16.0. The van der Waals surface area contributed by atoms with Crippen molar-refractivity contribution in [3.8, 4) is 28.4 Å². The van der Waals surface area contributed by atoms with Crippen LogP contribution in [0.15, 0.2) is 66.9 Å². The summed E-state index contributed by atoms with van der Waals surface area (Å²) in [6.45, 7) is 0. The Balaban J connectivity index is 1.74. The number of aromatic nitrogens is 1. The van der Waals surface area contributed by atoms with Crippen LogP contribution < -0.4 is 19.5 Å². The van der Waals surface area contributed by atoms with Gasteiger partial charge in [-0.1, -0.05) is 23.7 Å². The normalized spacial score (nSPS) is 10.7. The second-order valence-corrected chi connectivity index (χ2v) is 7.51. The fraction of sp³-hybridized carbons (Fsp3) is 0.120. The minimum Gasteiger partial charge on any atom is -0.495 e. The van der Waals surface area contributed by atoms with Crippen LogP contribution in [0.25, 0.3) is 16.6 Å². The third-order valence-corrected chi connectivity index (χ3v) is 5.50. The van der Waals surface area contributed by atoms with Crippen LogP contribution in [0.2, 0.25) is 5.02 Å². The van der Waals surface area contributed by atoms with Gasteiger partial charge in [-0.15, -0.1) is 0 Å². The highest BCUT2D eigenvalue weighted by atomic mass is 35.5. The number of anilines is 1. The molecule has 0 radical (unpaired) electrons. The predicted molar refractivity (Wildman–Crippen MR) is 127 cm³/mol. The number of nitrogens with zero attached hydrogens (tertiary/aromatic N) is 1. The van der Waals surface area contributed by atoms with Crippen LogP contribution >= 0.6 is 11.6 Å². The lowest BCUT2D eigenvalue weighted by Crippen LogP contribution is -2.24. The number of carbonyl (C=O) groups is 2. The molecule has 168 valence electrons. The van der Waals surface area contributed by atoms with Crippen LogP contribution in [0, 0.1) is 0 Å². The molecule has 0 spiro atoms. The van der Waals surface area contributed by atoms with Crippen molar-refractivity contribution in [2.24, 2.45) is 0 Å². The van der Waals surface area contributed by atoms with E-state index in [1.807, 2.05) is 18.2 Å². The molecule has 0 saturated carbocycles. The lowest BCUT2D eigenvalue weighted by molar-refractivity contribution is -0.112. The zero-order chi connectivity index (χ0) is 23.5. The van der Waals surface area contributed by atoms with E-state index in [0.717, 1.165) is 5.52 Å². The number of halogens is 1. The van der Waals surface area contributed by atoms with Gasteiger partial charge in [0.2, 0.25) is 0 Å². The van der Waals surface area contributed by atoms with Crippen molar-refractivity contribution in [3.05, 3.63) is 77.6 Å².